The zero-order valence-corrected chi connectivity index (χ0v) is 15.8. The molecule has 0 aliphatic rings. The van der Waals surface area contributed by atoms with Crippen molar-refractivity contribution in [1.82, 2.24) is 14.5 Å². The molecule has 168 valence electrons. The van der Waals surface area contributed by atoms with E-state index in [4.69, 9.17) is 4.74 Å². The van der Waals surface area contributed by atoms with Crippen LogP contribution in [0, 0.1) is 0 Å². The largest absolute Gasteiger partial charge is 0.494 e. The number of ether oxygens (including phenoxy) is 1. The third-order valence-corrected chi connectivity index (χ3v) is 4.28. The monoisotopic (exact) mass is 459 g/mol. The first-order valence-electron chi connectivity index (χ1n) is 8.48. The highest BCUT2D eigenvalue weighted by Crippen LogP contribution is 2.37. The van der Waals surface area contributed by atoms with E-state index >= 15 is 0 Å². The average Bonchev–Trinajstić information content (AvgIpc) is 2.71. The van der Waals surface area contributed by atoms with Crippen LogP contribution >= 0.6 is 0 Å². The Morgan fingerprint density at radius 2 is 1.69 bits per heavy atom. The zero-order valence-electron chi connectivity index (χ0n) is 15.8. The molecule has 0 amide bonds. The lowest BCUT2D eigenvalue weighted by Crippen LogP contribution is -2.21. The van der Waals surface area contributed by atoms with Crippen molar-refractivity contribution in [3.8, 4) is 22.7 Å². The molecule has 0 aliphatic carbocycles. The van der Waals surface area contributed by atoms with Gasteiger partial charge in [0.1, 0.15) is 17.3 Å². The van der Waals surface area contributed by atoms with Crippen LogP contribution in [0.2, 0.25) is 0 Å². The van der Waals surface area contributed by atoms with Crippen molar-refractivity contribution in [1.29, 1.82) is 0 Å². The third-order valence-electron chi connectivity index (χ3n) is 4.28. The van der Waals surface area contributed by atoms with E-state index in [1.165, 1.54) is 0 Å². The van der Waals surface area contributed by atoms with E-state index in [0.29, 0.717) is 22.8 Å². The predicted octanol–water partition coefficient (Wildman–Crippen LogP) is 4.04. The lowest BCUT2D eigenvalue weighted by Gasteiger charge is -2.15. The molecule has 13 heteroatoms. The number of nitrogens with zero attached hydrogens (tertiary/aromatic N) is 3. The normalized spacial score (nSPS) is 12.0. The average molecular weight is 459 g/mol. The maximum atomic E-state index is 13.1. The van der Waals surface area contributed by atoms with E-state index in [2.05, 4.69) is 9.97 Å². The Labute approximate surface area is 174 Å². The van der Waals surface area contributed by atoms with Gasteiger partial charge in [0.05, 0.1) is 24.4 Å². The number of carbonyl (C=O) groups is 1. The Bertz CT molecular complexity index is 1250. The van der Waals surface area contributed by atoms with Gasteiger partial charge in [0, 0.05) is 29.6 Å². The van der Waals surface area contributed by atoms with Crippen LogP contribution in [-0.4, -0.2) is 32.7 Å². The Morgan fingerprint density at radius 1 is 1.00 bits per heavy atom. The van der Waals surface area contributed by atoms with Gasteiger partial charge in [-0.15, -0.1) is 0 Å². The van der Waals surface area contributed by atoms with Crippen LogP contribution in [-0.2, 0) is 12.4 Å². The number of carboxylic acid groups (broad SMARTS) is 1. The number of carboxylic acids is 1. The molecule has 0 spiro atoms. The number of methoxy groups -OCH3 is 1. The van der Waals surface area contributed by atoms with Gasteiger partial charge in [-0.05, 0) is 18.2 Å². The maximum absolute atomic E-state index is 13.1. The summed E-state index contributed by atoms with van der Waals surface area (Å²) in [5.74, 6) is -2.08. The van der Waals surface area contributed by atoms with Crippen LogP contribution in [0.15, 0.2) is 47.7 Å². The number of rotatable bonds is 4. The molecule has 0 aromatic carbocycles. The number of aromatic carboxylic acids is 1. The number of hydrogen-bond acceptors (Lipinski definition) is 5. The zero-order chi connectivity index (χ0) is 23.8. The van der Waals surface area contributed by atoms with Crippen molar-refractivity contribution < 1.29 is 41.0 Å². The number of aromatic nitrogens is 3. The summed E-state index contributed by atoms with van der Waals surface area (Å²) in [6.45, 7) is 0. The number of alkyl halides is 6. The van der Waals surface area contributed by atoms with Gasteiger partial charge in [-0.25, -0.2) is 14.8 Å². The van der Waals surface area contributed by atoms with Gasteiger partial charge < -0.3 is 9.84 Å². The van der Waals surface area contributed by atoms with Crippen molar-refractivity contribution in [3.05, 3.63) is 70.0 Å². The SMILES string of the molecule is COc1cnc(C(F)(F)F)cc1-c1cc(-n2ccc(C(F)(F)F)cc2=O)ncc1C(=O)O. The van der Waals surface area contributed by atoms with Crippen LogP contribution in [0.3, 0.4) is 0 Å². The lowest BCUT2D eigenvalue weighted by molar-refractivity contribution is -0.141. The number of halogens is 6. The van der Waals surface area contributed by atoms with Gasteiger partial charge in [0.15, 0.2) is 0 Å². The Balaban J connectivity index is 2.26. The molecule has 3 aromatic rings. The molecule has 0 saturated heterocycles. The quantitative estimate of drug-likeness (QED) is 0.592. The van der Waals surface area contributed by atoms with Crippen LogP contribution < -0.4 is 10.3 Å². The van der Waals surface area contributed by atoms with Crippen molar-refractivity contribution in [2.45, 2.75) is 12.4 Å². The summed E-state index contributed by atoms with van der Waals surface area (Å²) in [6.07, 6.45) is -7.35. The topological polar surface area (TPSA) is 94.3 Å². The molecule has 0 atom stereocenters. The maximum Gasteiger partial charge on any atom is 0.433 e. The summed E-state index contributed by atoms with van der Waals surface area (Å²) in [5.41, 5.74) is -4.87. The molecule has 0 aliphatic heterocycles. The van der Waals surface area contributed by atoms with Gasteiger partial charge >= 0.3 is 18.3 Å². The summed E-state index contributed by atoms with van der Waals surface area (Å²) in [4.78, 5) is 30.8. The molecule has 7 nitrogen and oxygen atoms in total. The Kier molecular flexibility index (Phi) is 5.68. The molecule has 0 fully saturated rings. The molecule has 0 unspecified atom stereocenters. The summed E-state index contributed by atoms with van der Waals surface area (Å²) < 4.78 is 83.5. The van der Waals surface area contributed by atoms with Crippen molar-refractivity contribution in [2.75, 3.05) is 7.11 Å². The van der Waals surface area contributed by atoms with Crippen LogP contribution in [0.5, 0.6) is 5.75 Å². The number of hydrogen-bond donors (Lipinski definition) is 1. The minimum absolute atomic E-state index is 0.211. The minimum atomic E-state index is -4.86. The Hall–Kier alpha value is -3.90. The van der Waals surface area contributed by atoms with Crippen LogP contribution in [0.4, 0.5) is 26.3 Å². The van der Waals surface area contributed by atoms with E-state index in [0.717, 1.165) is 31.8 Å². The van der Waals surface area contributed by atoms with Gasteiger partial charge in [-0.3, -0.25) is 9.36 Å². The molecule has 0 saturated carbocycles. The van der Waals surface area contributed by atoms with E-state index < -0.39 is 40.7 Å². The highest BCUT2D eigenvalue weighted by molar-refractivity contribution is 5.97. The van der Waals surface area contributed by atoms with Crippen molar-refractivity contribution in [2.24, 2.45) is 0 Å². The molecule has 3 heterocycles. The Morgan fingerprint density at radius 3 is 2.22 bits per heavy atom. The van der Waals surface area contributed by atoms with Gasteiger partial charge in [0.2, 0.25) is 0 Å². The minimum Gasteiger partial charge on any atom is -0.494 e. The van der Waals surface area contributed by atoms with Crippen molar-refractivity contribution >= 4 is 5.97 Å². The molecule has 0 radical (unpaired) electrons. The molecular formula is C19H11F6N3O4. The lowest BCUT2D eigenvalue weighted by atomic mass is 10.0. The number of pyridine rings is 3. The predicted molar refractivity (Wildman–Crippen MR) is 96.6 cm³/mol. The van der Waals surface area contributed by atoms with E-state index in [9.17, 15) is 41.0 Å². The second-order valence-corrected chi connectivity index (χ2v) is 6.28. The summed E-state index contributed by atoms with van der Waals surface area (Å²) in [6, 6.07) is 2.42. The fraction of sp³-hybridized carbons (Fsp3) is 0.158. The van der Waals surface area contributed by atoms with Gasteiger partial charge in [-0.2, -0.15) is 26.3 Å². The summed E-state index contributed by atoms with van der Waals surface area (Å²) in [7, 11) is 1.12. The van der Waals surface area contributed by atoms with Crippen molar-refractivity contribution in [3.63, 3.8) is 0 Å². The molecule has 32 heavy (non-hydrogen) atoms. The first kappa shape index (κ1) is 22.8. The van der Waals surface area contributed by atoms with E-state index in [1.807, 2.05) is 0 Å². The molecule has 3 aromatic heterocycles. The molecule has 1 N–H and O–H groups in total. The first-order chi connectivity index (χ1) is 14.8. The van der Waals surface area contributed by atoms with E-state index in [-0.39, 0.29) is 22.7 Å². The fourth-order valence-electron chi connectivity index (χ4n) is 2.78. The summed E-state index contributed by atoms with van der Waals surface area (Å²) in [5, 5.41) is 9.45. The first-order valence-corrected chi connectivity index (χ1v) is 8.48. The molecule has 0 bridgehead atoms. The summed E-state index contributed by atoms with van der Waals surface area (Å²) >= 11 is 0. The molecular weight excluding hydrogens is 448 g/mol. The standard InChI is InChI=1S/C19H11F6N3O4/c1-32-13-8-26-14(19(23,24)25)5-11(13)10-6-15(27-7-12(10)17(30)31)28-3-2-9(4-16(28)29)18(20,21)22/h2-8H,1H3,(H,30,31). The van der Waals surface area contributed by atoms with E-state index in [1.54, 1.807) is 0 Å². The molecule has 3 rings (SSSR count). The highest BCUT2D eigenvalue weighted by Gasteiger charge is 2.34. The smallest absolute Gasteiger partial charge is 0.433 e. The fourth-order valence-corrected chi connectivity index (χ4v) is 2.78. The highest BCUT2D eigenvalue weighted by atomic mass is 19.4. The second kappa shape index (κ2) is 7.98. The second-order valence-electron chi connectivity index (χ2n) is 6.28. The van der Waals surface area contributed by atoms with Crippen LogP contribution in [0.25, 0.3) is 16.9 Å². The van der Waals surface area contributed by atoms with Gasteiger partial charge in [-0.1, -0.05) is 0 Å². The van der Waals surface area contributed by atoms with Gasteiger partial charge in [0.25, 0.3) is 5.56 Å². The van der Waals surface area contributed by atoms with Crippen LogP contribution in [0.1, 0.15) is 21.6 Å². The third kappa shape index (κ3) is 4.40.